The second-order valence-corrected chi connectivity index (χ2v) is 7.02. The summed E-state index contributed by atoms with van der Waals surface area (Å²) in [5, 5.41) is 0.799. The summed E-state index contributed by atoms with van der Waals surface area (Å²) in [7, 11) is 0. The molecule has 3 heteroatoms. The summed E-state index contributed by atoms with van der Waals surface area (Å²) in [6.45, 7) is 8.08. The molecular formula is C13H26N2S. The van der Waals surface area contributed by atoms with Gasteiger partial charge < -0.3 is 5.73 Å². The molecule has 16 heavy (non-hydrogen) atoms. The number of thioether (sulfide) groups is 1. The summed E-state index contributed by atoms with van der Waals surface area (Å²) in [6.07, 6.45) is 5.42. The van der Waals surface area contributed by atoms with E-state index in [0.29, 0.717) is 5.54 Å². The van der Waals surface area contributed by atoms with Gasteiger partial charge in [0.15, 0.2) is 0 Å². The van der Waals surface area contributed by atoms with Crippen molar-refractivity contribution in [3.63, 3.8) is 0 Å². The number of nitrogens with zero attached hydrogens (tertiary/aromatic N) is 1. The van der Waals surface area contributed by atoms with E-state index in [0.717, 1.165) is 17.7 Å². The lowest BCUT2D eigenvalue weighted by Gasteiger charge is -2.44. The third-order valence-corrected chi connectivity index (χ3v) is 5.99. The molecule has 0 spiro atoms. The highest BCUT2D eigenvalue weighted by Crippen LogP contribution is 2.39. The summed E-state index contributed by atoms with van der Waals surface area (Å²) in [5.74, 6) is 2.22. The highest BCUT2D eigenvalue weighted by molar-refractivity contribution is 8.00. The highest BCUT2D eigenvalue weighted by atomic mass is 32.2. The van der Waals surface area contributed by atoms with Gasteiger partial charge in [-0.15, -0.1) is 0 Å². The van der Waals surface area contributed by atoms with E-state index in [1.807, 2.05) is 0 Å². The SMILES string of the molecule is CCC1CCN(C2(CN)CSC(C)C2)CC1. The Morgan fingerprint density at radius 3 is 2.50 bits per heavy atom. The molecular weight excluding hydrogens is 216 g/mol. The lowest BCUT2D eigenvalue weighted by Crippen LogP contribution is -2.56. The minimum atomic E-state index is 0.336. The average Bonchev–Trinajstić information content (AvgIpc) is 2.72. The molecule has 0 radical (unpaired) electrons. The molecule has 2 aliphatic rings. The van der Waals surface area contributed by atoms with Crippen LogP contribution in [0.15, 0.2) is 0 Å². The third kappa shape index (κ3) is 2.41. The van der Waals surface area contributed by atoms with E-state index in [2.05, 4.69) is 30.5 Å². The van der Waals surface area contributed by atoms with E-state index < -0.39 is 0 Å². The van der Waals surface area contributed by atoms with Crippen LogP contribution >= 0.6 is 11.8 Å². The third-order valence-electron chi connectivity index (χ3n) is 4.55. The van der Waals surface area contributed by atoms with Gasteiger partial charge in [0.05, 0.1) is 0 Å². The molecule has 0 aliphatic carbocycles. The van der Waals surface area contributed by atoms with Crippen molar-refractivity contribution in [2.24, 2.45) is 11.7 Å². The van der Waals surface area contributed by atoms with Gasteiger partial charge in [-0.2, -0.15) is 11.8 Å². The summed E-state index contributed by atoms with van der Waals surface area (Å²) in [6, 6.07) is 0. The van der Waals surface area contributed by atoms with Crippen LogP contribution in [0, 0.1) is 5.92 Å². The number of rotatable bonds is 3. The van der Waals surface area contributed by atoms with Crippen LogP contribution in [0.3, 0.4) is 0 Å². The smallest absolute Gasteiger partial charge is 0.0432 e. The number of hydrogen-bond donors (Lipinski definition) is 1. The number of nitrogens with two attached hydrogens (primary N) is 1. The van der Waals surface area contributed by atoms with Crippen molar-refractivity contribution in [1.29, 1.82) is 0 Å². The van der Waals surface area contributed by atoms with Crippen molar-refractivity contribution in [2.45, 2.75) is 50.3 Å². The fourth-order valence-corrected chi connectivity index (χ4v) is 4.70. The zero-order valence-corrected chi connectivity index (χ0v) is 11.6. The predicted octanol–water partition coefficient (Wildman–Crippen LogP) is 2.33. The van der Waals surface area contributed by atoms with E-state index in [1.165, 1.54) is 44.5 Å². The fraction of sp³-hybridized carbons (Fsp3) is 1.00. The maximum Gasteiger partial charge on any atom is 0.0432 e. The van der Waals surface area contributed by atoms with Gasteiger partial charge in [0, 0.05) is 23.1 Å². The zero-order valence-electron chi connectivity index (χ0n) is 10.7. The molecule has 2 unspecified atom stereocenters. The molecule has 0 saturated carbocycles. The van der Waals surface area contributed by atoms with E-state index >= 15 is 0 Å². The molecule has 0 aromatic rings. The molecule has 0 aromatic carbocycles. The number of piperidine rings is 1. The van der Waals surface area contributed by atoms with Crippen molar-refractivity contribution in [3.05, 3.63) is 0 Å². The van der Waals surface area contributed by atoms with Crippen LogP contribution in [-0.2, 0) is 0 Å². The lowest BCUT2D eigenvalue weighted by atomic mass is 9.87. The van der Waals surface area contributed by atoms with Crippen LogP contribution in [0.5, 0.6) is 0 Å². The quantitative estimate of drug-likeness (QED) is 0.823. The Morgan fingerprint density at radius 1 is 1.38 bits per heavy atom. The van der Waals surface area contributed by atoms with Gasteiger partial charge >= 0.3 is 0 Å². The second-order valence-electron chi connectivity index (χ2n) is 5.59. The Morgan fingerprint density at radius 2 is 2.06 bits per heavy atom. The monoisotopic (exact) mass is 242 g/mol. The highest BCUT2D eigenvalue weighted by Gasteiger charge is 2.42. The van der Waals surface area contributed by atoms with E-state index in [4.69, 9.17) is 5.73 Å². The van der Waals surface area contributed by atoms with Gasteiger partial charge in [0.1, 0.15) is 0 Å². The van der Waals surface area contributed by atoms with Crippen LogP contribution in [-0.4, -0.2) is 41.1 Å². The maximum absolute atomic E-state index is 6.07. The molecule has 0 bridgehead atoms. The van der Waals surface area contributed by atoms with Gasteiger partial charge in [0.2, 0.25) is 0 Å². The summed E-state index contributed by atoms with van der Waals surface area (Å²) in [5.41, 5.74) is 6.41. The van der Waals surface area contributed by atoms with Gasteiger partial charge in [-0.05, 0) is 38.3 Å². The van der Waals surface area contributed by atoms with Crippen LogP contribution in [0.1, 0.15) is 39.5 Å². The Balaban J connectivity index is 1.96. The normalized spacial score (nSPS) is 38.1. The van der Waals surface area contributed by atoms with Gasteiger partial charge in [-0.3, -0.25) is 4.90 Å². The summed E-state index contributed by atoms with van der Waals surface area (Å²) in [4.78, 5) is 2.70. The van der Waals surface area contributed by atoms with Crippen LogP contribution in [0.25, 0.3) is 0 Å². The largest absolute Gasteiger partial charge is 0.329 e. The summed E-state index contributed by atoms with van der Waals surface area (Å²) >= 11 is 2.11. The van der Waals surface area contributed by atoms with Crippen molar-refractivity contribution < 1.29 is 0 Å². The summed E-state index contributed by atoms with van der Waals surface area (Å²) < 4.78 is 0. The van der Waals surface area contributed by atoms with Crippen LogP contribution in [0.2, 0.25) is 0 Å². The topological polar surface area (TPSA) is 29.3 Å². The minimum Gasteiger partial charge on any atom is -0.329 e. The first kappa shape index (κ1) is 12.7. The number of hydrogen-bond acceptors (Lipinski definition) is 3. The van der Waals surface area contributed by atoms with Gasteiger partial charge in [-0.1, -0.05) is 20.3 Å². The van der Waals surface area contributed by atoms with Crippen molar-refractivity contribution in [1.82, 2.24) is 4.90 Å². The molecule has 94 valence electrons. The molecule has 0 aromatic heterocycles. The molecule has 2 fully saturated rings. The van der Waals surface area contributed by atoms with E-state index in [-0.39, 0.29) is 0 Å². The van der Waals surface area contributed by atoms with E-state index in [1.54, 1.807) is 0 Å². The molecule has 0 amide bonds. The minimum absolute atomic E-state index is 0.336. The fourth-order valence-electron chi connectivity index (χ4n) is 3.26. The molecule has 2 nitrogen and oxygen atoms in total. The predicted molar refractivity (Wildman–Crippen MR) is 72.9 cm³/mol. The van der Waals surface area contributed by atoms with E-state index in [9.17, 15) is 0 Å². The van der Waals surface area contributed by atoms with Crippen molar-refractivity contribution in [2.75, 3.05) is 25.4 Å². The van der Waals surface area contributed by atoms with Crippen LogP contribution in [0.4, 0.5) is 0 Å². The maximum atomic E-state index is 6.07. The first-order chi connectivity index (χ1) is 7.70. The second kappa shape index (κ2) is 5.28. The Kier molecular flexibility index (Phi) is 4.20. The molecule has 2 atom stereocenters. The molecule has 2 aliphatic heterocycles. The van der Waals surface area contributed by atoms with Crippen molar-refractivity contribution in [3.8, 4) is 0 Å². The first-order valence-electron chi connectivity index (χ1n) is 6.77. The van der Waals surface area contributed by atoms with Crippen LogP contribution < -0.4 is 5.73 Å². The average molecular weight is 242 g/mol. The molecule has 2 N–H and O–H groups in total. The van der Waals surface area contributed by atoms with Gasteiger partial charge in [-0.25, -0.2) is 0 Å². The van der Waals surface area contributed by atoms with Gasteiger partial charge in [0.25, 0.3) is 0 Å². The Labute approximate surface area is 104 Å². The zero-order chi connectivity index (χ0) is 11.6. The Hall–Kier alpha value is 0.270. The molecule has 2 heterocycles. The Bertz CT molecular complexity index is 226. The molecule has 2 rings (SSSR count). The molecule has 2 saturated heterocycles. The number of likely N-dealkylation sites (tertiary alicyclic amines) is 1. The van der Waals surface area contributed by atoms with Crippen molar-refractivity contribution >= 4 is 11.8 Å². The first-order valence-corrected chi connectivity index (χ1v) is 7.82. The standard InChI is InChI=1S/C13H26N2S/c1-3-12-4-6-15(7-5-12)13(9-14)8-11(2)16-10-13/h11-12H,3-10,14H2,1-2H3. The lowest BCUT2D eigenvalue weighted by molar-refractivity contribution is 0.0689.